The van der Waals surface area contributed by atoms with E-state index >= 15 is 0 Å². The average Bonchev–Trinajstić information content (AvgIpc) is 3.43. The summed E-state index contributed by atoms with van der Waals surface area (Å²) in [6.45, 7) is 4.41. The van der Waals surface area contributed by atoms with Gasteiger partial charge in [0.05, 0.1) is 32.6 Å². The highest BCUT2D eigenvalue weighted by Gasteiger charge is 2.30. The summed E-state index contributed by atoms with van der Waals surface area (Å²) >= 11 is 0. The number of likely N-dealkylation sites (tertiary alicyclic amines) is 1. The summed E-state index contributed by atoms with van der Waals surface area (Å²) in [4.78, 5) is 10.6. The van der Waals surface area contributed by atoms with Crippen LogP contribution in [0.5, 0.6) is 11.5 Å². The molecule has 0 aliphatic carbocycles. The van der Waals surface area contributed by atoms with Crippen LogP contribution in [-0.2, 0) is 23.1 Å². The van der Waals surface area contributed by atoms with Crippen molar-refractivity contribution in [3.8, 4) is 11.5 Å². The second-order valence-electron chi connectivity index (χ2n) is 10.2. The Morgan fingerprint density at radius 1 is 1.05 bits per heavy atom. The van der Waals surface area contributed by atoms with Gasteiger partial charge in [-0.15, -0.1) is 0 Å². The molecule has 220 valence electrons. The number of sulfonamides is 1. The van der Waals surface area contributed by atoms with Crippen molar-refractivity contribution in [1.82, 2.24) is 14.9 Å². The molecule has 11 heteroatoms. The number of halogens is 1. The van der Waals surface area contributed by atoms with Gasteiger partial charge >= 0.3 is 0 Å². The van der Waals surface area contributed by atoms with Crippen molar-refractivity contribution in [2.24, 2.45) is 0 Å². The van der Waals surface area contributed by atoms with Crippen LogP contribution < -0.4 is 19.1 Å². The summed E-state index contributed by atoms with van der Waals surface area (Å²) in [7, 11) is -1.23. The quantitative estimate of drug-likeness (QED) is 0.243. The molecule has 1 saturated heterocycles. The van der Waals surface area contributed by atoms with Crippen molar-refractivity contribution >= 4 is 21.5 Å². The van der Waals surface area contributed by atoms with Gasteiger partial charge in [-0.25, -0.2) is 14.3 Å². The molecule has 1 fully saturated rings. The number of nitrogens with one attached hydrogen (secondary N) is 1. The lowest BCUT2D eigenvalue weighted by Crippen LogP contribution is -2.32. The van der Waals surface area contributed by atoms with E-state index in [9.17, 15) is 12.8 Å². The van der Waals surface area contributed by atoms with Crippen molar-refractivity contribution in [3.63, 3.8) is 0 Å². The van der Waals surface area contributed by atoms with Crippen LogP contribution in [0.4, 0.5) is 15.9 Å². The molecule has 2 aromatic carbocycles. The van der Waals surface area contributed by atoms with Crippen molar-refractivity contribution in [1.29, 1.82) is 0 Å². The Morgan fingerprint density at radius 2 is 1.86 bits per heavy atom. The molecule has 1 aliphatic rings. The van der Waals surface area contributed by atoms with E-state index in [0.29, 0.717) is 17.1 Å². The lowest BCUT2D eigenvalue weighted by molar-refractivity contribution is 0.328. The predicted octanol–water partition coefficient (Wildman–Crippen LogP) is 5.02. The zero-order chi connectivity index (χ0) is 29.7. The number of benzene rings is 2. The van der Waals surface area contributed by atoms with Crippen LogP contribution in [0.25, 0.3) is 0 Å². The molecule has 1 unspecified atom stereocenters. The summed E-state index contributed by atoms with van der Waals surface area (Å²) in [5.41, 5.74) is 3.33. The minimum atomic E-state index is -4.25. The van der Waals surface area contributed by atoms with E-state index in [-0.39, 0.29) is 23.4 Å². The first kappa shape index (κ1) is 29.3. The first-order valence-electron chi connectivity index (χ1n) is 13.6. The first-order valence-corrected chi connectivity index (χ1v) is 15.1. The number of ether oxygens (including phenoxy) is 2. The SMILES string of the molecule is COc1ccc(CN(c2cccc(F)n2)S(=O)(=O)c2cc(C)c(NC3CCN(Cc4ccccc4)C3)cn2)c(OC)c1. The lowest BCUT2D eigenvalue weighted by atomic mass is 10.2. The van der Waals surface area contributed by atoms with Crippen LogP contribution in [0.15, 0.2) is 84.0 Å². The number of anilines is 2. The van der Waals surface area contributed by atoms with Crippen molar-refractivity contribution in [2.75, 3.05) is 36.9 Å². The molecule has 4 aromatic rings. The van der Waals surface area contributed by atoms with Crippen molar-refractivity contribution in [3.05, 3.63) is 102 Å². The van der Waals surface area contributed by atoms with E-state index < -0.39 is 16.0 Å². The fourth-order valence-electron chi connectivity index (χ4n) is 5.05. The van der Waals surface area contributed by atoms with Gasteiger partial charge in [-0.1, -0.05) is 36.4 Å². The van der Waals surface area contributed by atoms with E-state index in [1.165, 1.54) is 38.0 Å². The molecule has 1 N–H and O–H groups in total. The van der Waals surface area contributed by atoms with Gasteiger partial charge in [-0.3, -0.25) is 4.90 Å². The van der Waals surface area contributed by atoms with Crippen LogP contribution in [0.2, 0.25) is 0 Å². The highest BCUT2D eigenvalue weighted by molar-refractivity contribution is 7.92. The third kappa shape index (κ3) is 6.63. The summed E-state index contributed by atoms with van der Waals surface area (Å²) < 4.78 is 54.0. The van der Waals surface area contributed by atoms with Gasteiger partial charge < -0.3 is 14.8 Å². The van der Waals surface area contributed by atoms with E-state index in [1.54, 1.807) is 24.4 Å². The number of aromatic nitrogens is 2. The average molecular weight is 592 g/mol. The molecule has 42 heavy (non-hydrogen) atoms. The molecule has 1 atom stereocenters. The zero-order valence-electron chi connectivity index (χ0n) is 23.8. The summed E-state index contributed by atoms with van der Waals surface area (Å²) in [6, 6.07) is 21.2. The molecule has 0 bridgehead atoms. The van der Waals surface area contributed by atoms with E-state index in [1.807, 2.05) is 25.1 Å². The Kier molecular flexibility index (Phi) is 8.89. The number of methoxy groups -OCH3 is 2. The maximum atomic E-state index is 14.2. The molecule has 5 rings (SSSR count). The molecule has 3 heterocycles. The smallest absolute Gasteiger partial charge is 0.283 e. The van der Waals surface area contributed by atoms with Crippen molar-refractivity contribution in [2.45, 2.75) is 37.5 Å². The Labute approximate surface area is 246 Å². The fraction of sp³-hybridized carbons (Fsp3) is 0.290. The van der Waals surface area contributed by atoms with E-state index in [2.05, 4.69) is 32.3 Å². The second-order valence-corrected chi connectivity index (χ2v) is 12.0. The van der Waals surface area contributed by atoms with Crippen LogP contribution in [-0.4, -0.2) is 56.6 Å². The third-order valence-electron chi connectivity index (χ3n) is 7.29. The number of nitrogens with zero attached hydrogens (tertiary/aromatic N) is 4. The highest BCUT2D eigenvalue weighted by Crippen LogP contribution is 2.31. The Hall–Kier alpha value is -4.22. The minimum absolute atomic E-state index is 0.0704. The highest BCUT2D eigenvalue weighted by atomic mass is 32.2. The molecular weight excluding hydrogens is 557 g/mol. The lowest BCUT2D eigenvalue weighted by Gasteiger charge is -2.25. The molecule has 0 amide bonds. The first-order chi connectivity index (χ1) is 20.3. The number of aryl methyl sites for hydroxylation is 1. The van der Waals surface area contributed by atoms with Gasteiger partial charge in [0, 0.05) is 37.3 Å². The Morgan fingerprint density at radius 3 is 2.57 bits per heavy atom. The monoisotopic (exact) mass is 591 g/mol. The van der Waals surface area contributed by atoms with E-state index in [0.717, 1.165) is 47.7 Å². The Balaban J connectivity index is 1.37. The number of pyridine rings is 2. The topological polar surface area (TPSA) is 96.9 Å². The van der Waals surface area contributed by atoms with Gasteiger partial charge in [0.25, 0.3) is 10.0 Å². The second kappa shape index (κ2) is 12.7. The molecule has 2 aromatic heterocycles. The largest absolute Gasteiger partial charge is 0.497 e. The third-order valence-corrected chi connectivity index (χ3v) is 8.93. The van der Waals surface area contributed by atoms with Crippen LogP contribution in [0.1, 0.15) is 23.1 Å². The number of hydrogen-bond acceptors (Lipinski definition) is 8. The molecule has 0 saturated carbocycles. The minimum Gasteiger partial charge on any atom is -0.497 e. The maximum Gasteiger partial charge on any atom is 0.283 e. The summed E-state index contributed by atoms with van der Waals surface area (Å²) in [6.07, 6.45) is 2.52. The normalized spacial score (nSPS) is 15.4. The molecule has 1 aliphatic heterocycles. The number of hydrogen-bond donors (Lipinski definition) is 1. The maximum absolute atomic E-state index is 14.2. The van der Waals surface area contributed by atoms with Gasteiger partial charge in [0.1, 0.15) is 17.3 Å². The number of rotatable bonds is 11. The summed E-state index contributed by atoms with van der Waals surface area (Å²) in [5, 5.41) is 3.37. The van der Waals surface area contributed by atoms with Crippen molar-refractivity contribution < 1.29 is 22.3 Å². The molecule has 0 radical (unpaired) electrons. The van der Waals surface area contributed by atoms with Crippen LogP contribution in [0, 0.1) is 12.9 Å². The van der Waals surface area contributed by atoms with Gasteiger partial charge in [-0.05, 0) is 54.8 Å². The Bertz CT molecular complexity index is 1640. The zero-order valence-corrected chi connectivity index (χ0v) is 24.6. The van der Waals surface area contributed by atoms with Gasteiger partial charge in [0.2, 0.25) is 5.95 Å². The summed E-state index contributed by atoms with van der Waals surface area (Å²) in [5.74, 6) is 0.113. The van der Waals surface area contributed by atoms with E-state index in [4.69, 9.17) is 9.47 Å². The van der Waals surface area contributed by atoms with Crippen LogP contribution >= 0.6 is 0 Å². The standard InChI is InChI=1S/C31H34FN5O4S/c1-22-16-31(33-18-27(22)34-25-14-15-36(21-25)19-23-8-5-4-6-9-23)42(38,39)37(30-11-7-10-29(32)35-30)20-24-12-13-26(40-2)17-28(24)41-3/h4-13,16-18,25,34H,14-15,19-21H2,1-3H3. The molecular formula is C31H34FN5O4S. The van der Waals surface area contributed by atoms with Crippen LogP contribution in [0.3, 0.4) is 0 Å². The van der Waals surface area contributed by atoms with Gasteiger partial charge in [0.15, 0.2) is 5.03 Å². The van der Waals surface area contributed by atoms with Gasteiger partial charge in [-0.2, -0.15) is 12.8 Å². The molecule has 9 nitrogen and oxygen atoms in total. The molecule has 0 spiro atoms. The predicted molar refractivity (Wildman–Crippen MR) is 160 cm³/mol. The fourth-order valence-corrected chi connectivity index (χ4v) is 6.45.